The van der Waals surface area contributed by atoms with Crippen molar-refractivity contribution in [3.05, 3.63) is 29.8 Å². The lowest BCUT2D eigenvalue weighted by atomic mass is 10.1. The van der Waals surface area contributed by atoms with E-state index in [2.05, 4.69) is 20.8 Å². The van der Waals surface area contributed by atoms with E-state index in [9.17, 15) is 4.79 Å². The van der Waals surface area contributed by atoms with E-state index < -0.39 is 0 Å². The zero-order valence-electron chi connectivity index (χ0n) is 14.6. The largest absolute Gasteiger partial charge is 0.497 e. The highest BCUT2D eigenvalue weighted by molar-refractivity contribution is 8.00. The number of hydrogen-bond acceptors (Lipinski definition) is 6. The smallest absolute Gasteiger partial charge is 0.233 e. The van der Waals surface area contributed by atoms with Gasteiger partial charge < -0.3 is 10.1 Å². The van der Waals surface area contributed by atoms with Crippen molar-refractivity contribution in [1.82, 2.24) is 25.5 Å². The average Bonchev–Trinajstić information content (AvgIpc) is 2.93. The summed E-state index contributed by atoms with van der Waals surface area (Å²) in [5.41, 5.74) is 0.790. The fourth-order valence-corrected chi connectivity index (χ4v) is 2.76. The van der Waals surface area contributed by atoms with Gasteiger partial charge in [0.05, 0.1) is 18.9 Å². The predicted molar refractivity (Wildman–Crippen MR) is 93.1 cm³/mol. The molecule has 24 heavy (non-hydrogen) atoms. The highest BCUT2D eigenvalue weighted by Gasteiger charge is 2.22. The van der Waals surface area contributed by atoms with E-state index in [0.29, 0.717) is 11.7 Å². The molecule has 0 saturated carbocycles. The number of thioether (sulfide) groups is 1. The first-order valence-corrected chi connectivity index (χ1v) is 8.54. The van der Waals surface area contributed by atoms with Crippen molar-refractivity contribution in [2.75, 3.05) is 7.11 Å². The Bertz CT molecular complexity index is 679. The van der Waals surface area contributed by atoms with Gasteiger partial charge >= 0.3 is 0 Å². The fourth-order valence-electron chi connectivity index (χ4n) is 1.97. The number of tetrazole rings is 1. The summed E-state index contributed by atoms with van der Waals surface area (Å²) in [6.07, 6.45) is 0. The summed E-state index contributed by atoms with van der Waals surface area (Å²) < 4.78 is 6.84. The second kappa shape index (κ2) is 7.65. The van der Waals surface area contributed by atoms with Gasteiger partial charge in [-0.3, -0.25) is 4.79 Å². The minimum atomic E-state index is -0.287. The lowest BCUT2D eigenvalue weighted by Gasteiger charge is -2.22. The van der Waals surface area contributed by atoms with Crippen LogP contribution in [0.1, 0.15) is 33.3 Å². The van der Waals surface area contributed by atoms with E-state index in [1.807, 2.05) is 52.0 Å². The van der Waals surface area contributed by atoms with Crippen molar-refractivity contribution in [2.45, 2.75) is 50.2 Å². The highest BCUT2D eigenvalue weighted by atomic mass is 32.2. The van der Waals surface area contributed by atoms with Crippen LogP contribution in [0.3, 0.4) is 0 Å². The van der Waals surface area contributed by atoms with Crippen molar-refractivity contribution < 1.29 is 9.53 Å². The molecule has 2 aromatic rings. The first kappa shape index (κ1) is 18.3. The van der Waals surface area contributed by atoms with Gasteiger partial charge in [0, 0.05) is 5.54 Å². The number of carbonyl (C=O) groups is 1. The molecule has 1 aromatic heterocycles. The molecule has 7 nitrogen and oxygen atoms in total. The summed E-state index contributed by atoms with van der Waals surface area (Å²) in [5, 5.41) is 15.1. The van der Waals surface area contributed by atoms with Crippen LogP contribution < -0.4 is 10.1 Å². The number of amides is 1. The Labute approximate surface area is 146 Å². The van der Waals surface area contributed by atoms with Gasteiger partial charge in [0.15, 0.2) is 0 Å². The minimum absolute atomic E-state index is 0.0357. The van der Waals surface area contributed by atoms with Crippen LogP contribution in [0.15, 0.2) is 29.4 Å². The molecule has 8 heteroatoms. The summed E-state index contributed by atoms with van der Waals surface area (Å²) >= 11 is 1.34. The molecular weight excluding hydrogens is 326 g/mol. The Hall–Kier alpha value is -2.09. The fraction of sp³-hybridized carbons (Fsp3) is 0.500. The van der Waals surface area contributed by atoms with E-state index in [-0.39, 0.29) is 16.7 Å². The third kappa shape index (κ3) is 5.23. The number of benzene rings is 1. The molecule has 130 valence electrons. The van der Waals surface area contributed by atoms with E-state index in [1.54, 1.807) is 11.8 Å². The molecule has 0 saturated heterocycles. The van der Waals surface area contributed by atoms with Gasteiger partial charge in [-0.25, -0.2) is 4.68 Å². The number of nitrogens with zero attached hydrogens (tertiary/aromatic N) is 4. The Kier molecular flexibility index (Phi) is 5.82. The number of aromatic nitrogens is 4. The Balaban J connectivity index is 2.02. The molecule has 2 rings (SSSR count). The maximum absolute atomic E-state index is 12.2. The molecule has 0 aliphatic heterocycles. The highest BCUT2D eigenvalue weighted by Crippen LogP contribution is 2.22. The number of nitrogens with one attached hydrogen (secondary N) is 1. The molecule has 1 heterocycles. The monoisotopic (exact) mass is 349 g/mol. The second-order valence-corrected chi connectivity index (χ2v) is 7.77. The predicted octanol–water partition coefficient (Wildman–Crippen LogP) is 2.13. The summed E-state index contributed by atoms with van der Waals surface area (Å²) in [5.74, 6) is 0.768. The van der Waals surface area contributed by atoms with Gasteiger partial charge in [-0.15, -0.1) is 5.10 Å². The number of ether oxygens (including phenoxy) is 1. The first-order valence-electron chi connectivity index (χ1n) is 7.66. The molecule has 1 N–H and O–H groups in total. The van der Waals surface area contributed by atoms with Gasteiger partial charge in [-0.1, -0.05) is 23.9 Å². The van der Waals surface area contributed by atoms with E-state index in [0.717, 1.165) is 11.3 Å². The molecule has 0 spiro atoms. The summed E-state index contributed by atoms with van der Waals surface area (Å²) in [6, 6.07) is 7.72. The van der Waals surface area contributed by atoms with Crippen LogP contribution in [0, 0.1) is 0 Å². The molecule has 0 radical (unpaired) electrons. The summed E-state index contributed by atoms with van der Waals surface area (Å²) in [6.45, 7) is 8.24. The van der Waals surface area contributed by atoms with Gasteiger partial charge in [-0.05, 0) is 55.8 Å². The van der Waals surface area contributed by atoms with Crippen molar-refractivity contribution in [3.63, 3.8) is 0 Å². The molecular formula is C16H23N5O2S. The third-order valence-electron chi connectivity index (χ3n) is 3.14. The van der Waals surface area contributed by atoms with Gasteiger partial charge in [0.2, 0.25) is 11.1 Å². The van der Waals surface area contributed by atoms with Crippen LogP contribution in [0.5, 0.6) is 5.75 Å². The molecule has 0 bridgehead atoms. The molecule has 1 amide bonds. The Morgan fingerprint density at radius 2 is 2.00 bits per heavy atom. The molecule has 0 aliphatic carbocycles. The van der Waals surface area contributed by atoms with Crippen LogP contribution in [0.2, 0.25) is 0 Å². The maximum atomic E-state index is 12.2. The lowest BCUT2D eigenvalue weighted by molar-refractivity contribution is -0.121. The SMILES string of the molecule is COc1ccc(Cn2nnnc2S[C@H](C)C(=O)NC(C)(C)C)cc1. The normalized spacial score (nSPS) is 12.7. The summed E-state index contributed by atoms with van der Waals surface area (Å²) in [4.78, 5) is 12.2. The number of methoxy groups -OCH3 is 1. The van der Waals surface area contributed by atoms with Crippen LogP contribution >= 0.6 is 11.8 Å². The molecule has 1 aromatic carbocycles. The van der Waals surface area contributed by atoms with Crippen molar-refractivity contribution >= 4 is 17.7 Å². The van der Waals surface area contributed by atoms with Crippen LogP contribution in [0.25, 0.3) is 0 Å². The van der Waals surface area contributed by atoms with Crippen molar-refractivity contribution in [1.29, 1.82) is 0 Å². The maximum Gasteiger partial charge on any atom is 0.233 e. The number of rotatable bonds is 6. The average molecular weight is 349 g/mol. The third-order valence-corrected chi connectivity index (χ3v) is 4.21. The second-order valence-electron chi connectivity index (χ2n) is 6.47. The number of carbonyl (C=O) groups excluding carboxylic acids is 1. The standard InChI is InChI=1S/C16H23N5O2S/c1-11(14(22)17-16(2,3)4)24-15-18-19-20-21(15)10-12-6-8-13(23-5)9-7-12/h6-9,11H,10H2,1-5H3,(H,17,22)/t11-/m1/s1. The Morgan fingerprint density at radius 3 is 2.58 bits per heavy atom. The number of hydrogen-bond donors (Lipinski definition) is 1. The van der Waals surface area contributed by atoms with Crippen LogP contribution in [0.4, 0.5) is 0 Å². The van der Waals surface area contributed by atoms with Gasteiger partial charge in [0.25, 0.3) is 0 Å². The van der Waals surface area contributed by atoms with E-state index >= 15 is 0 Å². The molecule has 0 aliphatic rings. The quantitative estimate of drug-likeness (QED) is 0.805. The first-order chi connectivity index (χ1) is 11.3. The van der Waals surface area contributed by atoms with Crippen molar-refractivity contribution in [2.24, 2.45) is 0 Å². The zero-order valence-corrected chi connectivity index (χ0v) is 15.4. The molecule has 0 unspecified atom stereocenters. The molecule has 1 atom stereocenters. The Morgan fingerprint density at radius 1 is 1.33 bits per heavy atom. The van der Waals surface area contributed by atoms with Crippen LogP contribution in [-0.4, -0.2) is 44.0 Å². The lowest BCUT2D eigenvalue weighted by Crippen LogP contribution is -2.44. The topological polar surface area (TPSA) is 81.9 Å². The van der Waals surface area contributed by atoms with Crippen molar-refractivity contribution in [3.8, 4) is 5.75 Å². The molecule has 0 fully saturated rings. The van der Waals surface area contributed by atoms with Gasteiger partial charge in [-0.2, -0.15) is 0 Å². The van der Waals surface area contributed by atoms with E-state index in [4.69, 9.17) is 4.74 Å². The minimum Gasteiger partial charge on any atom is -0.497 e. The zero-order chi connectivity index (χ0) is 17.7. The van der Waals surface area contributed by atoms with E-state index in [1.165, 1.54) is 11.8 Å². The van der Waals surface area contributed by atoms with Gasteiger partial charge in [0.1, 0.15) is 5.75 Å². The summed E-state index contributed by atoms with van der Waals surface area (Å²) in [7, 11) is 1.63. The van der Waals surface area contributed by atoms with Crippen LogP contribution in [-0.2, 0) is 11.3 Å².